The zero-order valence-electron chi connectivity index (χ0n) is 10.7. The first kappa shape index (κ1) is 17.6. The number of aliphatic hydroxyl groups excluding tert-OH is 1. The van der Waals surface area contributed by atoms with Crippen LogP contribution in [0.2, 0.25) is 0 Å². The van der Waals surface area contributed by atoms with E-state index >= 15 is 0 Å². The number of aliphatic hydroxyl groups is 1. The molecule has 0 fully saturated rings. The molecule has 0 aliphatic rings. The third kappa shape index (κ3) is 9.22. The van der Waals surface area contributed by atoms with Crippen molar-refractivity contribution in [2.24, 2.45) is 0 Å². The normalized spacial score (nSPS) is 14.5. The predicted octanol–water partition coefficient (Wildman–Crippen LogP) is -1.94. The number of carboxylic acids is 1. The number of carbonyl (C=O) groups is 2. The van der Waals surface area contributed by atoms with Crippen LogP contribution < -0.4 is 15.4 Å². The molecule has 0 aromatic rings. The van der Waals surface area contributed by atoms with Gasteiger partial charge in [0.1, 0.15) is 0 Å². The average Bonchev–Trinajstić information content (AvgIpc) is 2.22. The van der Waals surface area contributed by atoms with Gasteiger partial charge in [-0.05, 0) is 13.3 Å². The predicted molar refractivity (Wildman–Crippen MR) is 67.1 cm³/mol. The summed E-state index contributed by atoms with van der Waals surface area (Å²) in [4.78, 5) is 22.0. The molecule has 112 valence electrons. The number of carbonyl (C=O) groups excluding carboxylic acids is 1. The van der Waals surface area contributed by atoms with E-state index in [9.17, 15) is 18.0 Å². The molecule has 0 spiro atoms. The van der Waals surface area contributed by atoms with Crippen LogP contribution in [-0.2, 0) is 14.8 Å². The molecule has 19 heavy (non-hydrogen) atoms. The van der Waals surface area contributed by atoms with Gasteiger partial charge in [0.15, 0.2) is 6.04 Å². The Kier molecular flexibility index (Phi) is 7.34. The van der Waals surface area contributed by atoms with Crippen LogP contribution in [0.25, 0.3) is 0 Å². The Morgan fingerprint density at radius 3 is 2.26 bits per heavy atom. The number of sulfonamides is 1. The molecule has 9 nitrogen and oxygen atoms in total. The Balaban J connectivity index is 3.90. The van der Waals surface area contributed by atoms with E-state index in [2.05, 4.69) is 15.4 Å². The van der Waals surface area contributed by atoms with Crippen molar-refractivity contribution in [2.75, 3.05) is 19.3 Å². The lowest BCUT2D eigenvalue weighted by atomic mass is 10.2. The van der Waals surface area contributed by atoms with Gasteiger partial charge in [-0.15, -0.1) is 0 Å². The molecule has 0 aliphatic heterocycles. The summed E-state index contributed by atoms with van der Waals surface area (Å²) >= 11 is 0. The van der Waals surface area contributed by atoms with Crippen molar-refractivity contribution in [2.45, 2.75) is 25.5 Å². The first-order valence-corrected chi connectivity index (χ1v) is 7.42. The molecule has 0 saturated heterocycles. The molecule has 0 unspecified atom stereocenters. The maximum Gasteiger partial charge on any atom is 0.328 e. The summed E-state index contributed by atoms with van der Waals surface area (Å²) in [5.41, 5.74) is 0. The van der Waals surface area contributed by atoms with Gasteiger partial charge >= 0.3 is 12.0 Å². The number of amides is 2. The molecule has 0 aromatic carbocycles. The van der Waals surface area contributed by atoms with Crippen molar-refractivity contribution in [1.29, 1.82) is 0 Å². The van der Waals surface area contributed by atoms with Crippen LogP contribution >= 0.6 is 0 Å². The smallest absolute Gasteiger partial charge is 0.328 e. The van der Waals surface area contributed by atoms with Gasteiger partial charge in [-0.1, -0.05) is 0 Å². The van der Waals surface area contributed by atoms with Crippen LogP contribution in [0.1, 0.15) is 13.3 Å². The van der Waals surface area contributed by atoms with Crippen LogP contribution in [0.3, 0.4) is 0 Å². The third-order valence-electron chi connectivity index (χ3n) is 2.04. The first-order valence-electron chi connectivity index (χ1n) is 5.53. The molecular formula is C9H19N3O6S. The van der Waals surface area contributed by atoms with Gasteiger partial charge in [0.25, 0.3) is 0 Å². The summed E-state index contributed by atoms with van der Waals surface area (Å²) < 4.78 is 23.7. The van der Waals surface area contributed by atoms with Crippen LogP contribution in [0.15, 0.2) is 0 Å². The fraction of sp³-hybridized carbons (Fsp3) is 0.778. The number of hydrogen-bond acceptors (Lipinski definition) is 5. The lowest BCUT2D eigenvalue weighted by Crippen LogP contribution is -2.51. The summed E-state index contributed by atoms with van der Waals surface area (Å²) in [6.07, 6.45) is 0.148. The van der Waals surface area contributed by atoms with E-state index in [-0.39, 0.29) is 13.1 Å². The van der Waals surface area contributed by atoms with Gasteiger partial charge in [-0.2, -0.15) is 0 Å². The zero-order valence-corrected chi connectivity index (χ0v) is 11.5. The molecule has 0 rings (SSSR count). The van der Waals surface area contributed by atoms with E-state index in [1.54, 1.807) is 0 Å². The highest BCUT2D eigenvalue weighted by atomic mass is 32.2. The molecule has 2 atom stereocenters. The lowest BCUT2D eigenvalue weighted by molar-refractivity contribution is -0.141. The van der Waals surface area contributed by atoms with Gasteiger partial charge < -0.3 is 20.8 Å². The monoisotopic (exact) mass is 297 g/mol. The van der Waals surface area contributed by atoms with Crippen molar-refractivity contribution in [3.05, 3.63) is 0 Å². The highest BCUT2D eigenvalue weighted by molar-refractivity contribution is 7.88. The quantitative estimate of drug-likeness (QED) is 0.330. The van der Waals surface area contributed by atoms with Crippen LogP contribution in [0.4, 0.5) is 4.79 Å². The fourth-order valence-electron chi connectivity index (χ4n) is 1.13. The Morgan fingerprint density at radius 2 is 1.84 bits per heavy atom. The molecule has 0 saturated carbocycles. The van der Waals surface area contributed by atoms with E-state index in [0.29, 0.717) is 6.42 Å². The number of nitrogens with one attached hydrogen (secondary N) is 3. The van der Waals surface area contributed by atoms with Crippen LogP contribution in [0, 0.1) is 0 Å². The molecule has 2 amide bonds. The maximum atomic E-state index is 11.3. The Hall–Kier alpha value is -1.39. The number of carboxylic acid groups (broad SMARTS) is 1. The molecule has 0 radical (unpaired) electrons. The van der Waals surface area contributed by atoms with Gasteiger partial charge in [0.05, 0.1) is 12.4 Å². The SMILES string of the molecule is C[C@@H](O)[C@H](NC(=O)NCCCNS(C)(=O)=O)C(=O)O. The number of rotatable bonds is 8. The van der Waals surface area contributed by atoms with Gasteiger partial charge in [0.2, 0.25) is 10.0 Å². The highest BCUT2D eigenvalue weighted by Crippen LogP contribution is 1.92. The number of hydrogen-bond donors (Lipinski definition) is 5. The molecule has 0 aromatic heterocycles. The summed E-state index contributed by atoms with van der Waals surface area (Å²) in [6.45, 7) is 1.58. The van der Waals surface area contributed by atoms with Crippen molar-refractivity contribution < 1.29 is 28.2 Å². The topological polar surface area (TPSA) is 145 Å². The Morgan fingerprint density at radius 1 is 1.26 bits per heavy atom. The fourth-order valence-corrected chi connectivity index (χ4v) is 1.64. The summed E-state index contributed by atoms with van der Waals surface area (Å²) in [6, 6.07) is -2.14. The molecular weight excluding hydrogens is 278 g/mol. The van der Waals surface area contributed by atoms with E-state index in [4.69, 9.17) is 10.2 Å². The second-order valence-corrected chi connectivity index (χ2v) is 5.81. The van der Waals surface area contributed by atoms with Crippen molar-refractivity contribution in [3.63, 3.8) is 0 Å². The minimum absolute atomic E-state index is 0.165. The third-order valence-corrected chi connectivity index (χ3v) is 2.77. The van der Waals surface area contributed by atoms with Gasteiger partial charge in [-0.3, -0.25) is 0 Å². The highest BCUT2D eigenvalue weighted by Gasteiger charge is 2.24. The largest absolute Gasteiger partial charge is 0.480 e. The van der Waals surface area contributed by atoms with Crippen molar-refractivity contribution >= 4 is 22.0 Å². The van der Waals surface area contributed by atoms with Crippen LogP contribution in [-0.4, -0.2) is 62.1 Å². The van der Waals surface area contributed by atoms with Gasteiger partial charge in [-0.25, -0.2) is 22.7 Å². The van der Waals surface area contributed by atoms with Crippen molar-refractivity contribution in [1.82, 2.24) is 15.4 Å². The van der Waals surface area contributed by atoms with E-state index in [1.807, 2.05) is 0 Å². The second kappa shape index (κ2) is 7.92. The van der Waals surface area contributed by atoms with Crippen LogP contribution in [0.5, 0.6) is 0 Å². The standard InChI is InChI=1S/C9H19N3O6S/c1-6(13)7(8(14)15)12-9(16)10-4-3-5-11-19(2,17)18/h6-7,11,13H,3-5H2,1-2H3,(H,14,15)(H2,10,12,16)/t6-,7+/m1/s1. The molecule has 10 heteroatoms. The van der Waals surface area contributed by atoms with E-state index in [1.165, 1.54) is 6.92 Å². The first-order chi connectivity index (χ1) is 8.63. The summed E-state index contributed by atoms with van der Waals surface area (Å²) in [5, 5.41) is 22.3. The maximum absolute atomic E-state index is 11.3. The summed E-state index contributed by atoms with van der Waals surface area (Å²) in [5.74, 6) is -1.34. The lowest BCUT2D eigenvalue weighted by Gasteiger charge is -2.17. The Bertz CT molecular complexity index is 408. The Labute approximate surface area is 111 Å². The minimum atomic E-state index is -3.26. The van der Waals surface area contributed by atoms with Crippen molar-refractivity contribution in [3.8, 4) is 0 Å². The van der Waals surface area contributed by atoms with Gasteiger partial charge in [0, 0.05) is 13.1 Å². The van der Waals surface area contributed by atoms with E-state index in [0.717, 1.165) is 6.26 Å². The molecule has 0 bridgehead atoms. The average molecular weight is 297 g/mol. The zero-order chi connectivity index (χ0) is 15.1. The minimum Gasteiger partial charge on any atom is -0.480 e. The molecule has 0 aliphatic carbocycles. The molecule has 5 N–H and O–H groups in total. The van der Waals surface area contributed by atoms with E-state index < -0.39 is 34.2 Å². The summed E-state index contributed by atoms with van der Waals surface area (Å²) in [7, 11) is -3.26. The number of urea groups is 1. The molecule has 0 heterocycles. The number of aliphatic carboxylic acids is 1. The second-order valence-electron chi connectivity index (χ2n) is 3.98.